The minimum absolute atomic E-state index is 0.321. The lowest BCUT2D eigenvalue weighted by Crippen LogP contribution is -1.92. The second-order valence-electron chi connectivity index (χ2n) is 6.46. The highest BCUT2D eigenvalue weighted by atomic mass is 16.7. The molecule has 3 aromatic carbocycles. The Bertz CT molecular complexity index is 916. The van der Waals surface area contributed by atoms with Gasteiger partial charge in [0.1, 0.15) is 11.5 Å². The van der Waals surface area contributed by atoms with Crippen molar-refractivity contribution < 1.29 is 14.2 Å². The van der Waals surface area contributed by atoms with E-state index in [1.165, 1.54) is 11.1 Å². The Kier molecular flexibility index (Phi) is 5.39. The SMILES string of the molecule is C(=CCc1ccc2c(c1)OCO2)CCc1cccc(Oc2ccccc2)c1. The molecule has 0 amide bonds. The van der Waals surface area contributed by atoms with Crippen molar-refractivity contribution in [3.63, 3.8) is 0 Å². The first kappa shape index (κ1) is 17.2. The van der Waals surface area contributed by atoms with Gasteiger partial charge in [0.25, 0.3) is 0 Å². The molecule has 3 aromatic rings. The molecule has 4 rings (SSSR count). The molecule has 3 heteroatoms. The number of para-hydroxylation sites is 1. The van der Waals surface area contributed by atoms with Gasteiger partial charge in [-0.3, -0.25) is 0 Å². The average Bonchev–Trinajstić information content (AvgIpc) is 3.17. The van der Waals surface area contributed by atoms with Gasteiger partial charge in [0.15, 0.2) is 11.5 Å². The van der Waals surface area contributed by atoms with E-state index in [4.69, 9.17) is 14.2 Å². The van der Waals surface area contributed by atoms with Crippen LogP contribution in [0.1, 0.15) is 17.5 Å². The fourth-order valence-corrected chi connectivity index (χ4v) is 3.04. The fourth-order valence-electron chi connectivity index (χ4n) is 3.04. The third-order valence-corrected chi connectivity index (χ3v) is 4.43. The standard InChI is InChI=1S/C24H22O3/c1(4-9-20-14-15-23-24(17-20)26-18-25-23)3-8-19-10-7-13-22(16-19)27-21-11-5-2-6-12-21/h1-2,4-7,10-17H,3,8-9,18H2. The highest BCUT2D eigenvalue weighted by Gasteiger charge is 2.12. The van der Waals surface area contributed by atoms with Crippen LogP contribution in [0.3, 0.4) is 0 Å². The van der Waals surface area contributed by atoms with Crippen molar-refractivity contribution in [1.82, 2.24) is 0 Å². The van der Waals surface area contributed by atoms with Gasteiger partial charge in [0.05, 0.1) is 0 Å². The first-order chi connectivity index (χ1) is 13.4. The molecule has 0 fully saturated rings. The number of hydrogen-bond acceptors (Lipinski definition) is 3. The van der Waals surface area contributed by atoms with Crippen molar-refractivity contribution in [2.24, 2.45) is 0 Å². The zero-order chi connectivity index (χ0) is 18.3. The maximum Gasteiger partial charge on any atom is 0.231 e. The molecule has 0 spiro atoms. The molecule has 136 valence electrons. The van der Waals surface area contributed by atoms with Gasteiger partial charge in [-0.2, -0.15) is 0 Å². The molecule has 0 bridgehead atoms. The van der Waals surface area contributed by atoms with E-state index in [0.29, 0.717) is 6.79 Å². The Morgan fingerprint density at radius 1 is 0.741 bits per heavy atom. The van der Waals surface area contributed by atoms with Crippen LogP contribution in [0.4, 0.5) is 0 Å². The summed E-state index contributed by atoms with van der Waals surface area (Å²) in [5.74, 6) is 3.41. The summed E-state index contributed by atoms with van der Waals surface area (Å²) < 4.78 is 16.7. The van der Waals surface area contributed by atoms with Gasteiger partial charge >= 0.3 is 0 Å². The molecule has 0 atom stereocenters. The molecule has 1 aliphatic rings. The summed E-state index contributed by atoms with van der Waals surface area (Å²) in [4.78, 5) is 0. The molecule has 27 heavy (non-hydrogen) atoms. The van der Waals surface area contributed by atoms with Crippen LogP contribution in [-0.2, 0) is 12.8 Å². The van der Waals surface area contributed by atoms with Crippen LogP contribution in [0.5, 0.6) is 23.0 Å². The van der Waals surface area contributed by atoms with Gasteiger partial charge in [-0.05, 0) is 66.8 Å². The number of rotatable bonds is 7. The summed E-state index contributed by atoms with van der Waals surface area (Å²) in [6.45, 7) is 0.321. The molecule has 3 nitrogen and oxygen atoms in total. The maximum atomic E-state index is 5.90. The monoisotopic (exact) mass is 358 g/mol. The number of allylic oxidation sites excluding steroid dienone is 2. The predicted octanol–water partition coefficient (Wildman–Crippen LogP) is 5.94. The smallest absolute Gasteiger partial charge is 0.231 e. The Balaban J connectivity index is 1.27. The van der Waals surface area contributed by atoms with Crippen LogP contribution in [0.15, 0.2) is 84.9 Å². The van der Waals surface area contributed by atoms with Crippen molar-refractivity contribution >= 4 is 0 Å². The molecular formula is C24H22O3. The Hall–Kier alpha value is -3.20. The minimum Gasteiger partial charge on any atom is -0.457 e. The maximum absolute atomic E-state index is 5.90. The average molecular weight is 358 g/mol. The largest absolute Gasteiger partial charge is 0.457 e. The third-order valence-electron chi connectivity index (χ3n) is 4.43. The molecule has 0 saturated heterocycles. The molecule has 1 aliphatic heterocycles. The van der Waals surface area contributed by atoms with E-state index in [1.54, 1.807) is 0 Å². The van der Waals surface area contributed by atoms with E-state index in [1.807, 2.05) is 48.5 Å². The zero-order valence-electron chi connectivity index (χ0n) is 15.1. The van der Waals surface area contributed by atoms with Gasteiger partial charge in [0.2, 0.25) is 6.79 Å². The minimum atomic E-state index is 0.321. The molecule has 0 N–H and O–H groups in total. The lowest BCUT2D eigenvalue weighted by Gasteiger charge is -2.07. The third kappa shape index (κ3) is 4.70. The van der Waals surface area contributed by atoms with Crippen LogP contribution in [-0.4, -0.2) is 6.79 Å². The first-order valence-electron chi connectivity index (χ1n) is 9.22. The summed E-state index contributed by atoms with van der Waals surface area (Å²) in [5, 5.41) is 0. The summed E-state index contributed by atoms with van der Waals surface area (Å²) >= 11 is 0. The topological polar surface area (TPSA) is 27.7 Å². The van der Waals surface area contributed by atoms with Crippen molar-refractivity contribution in [3.05, 3.63) is 96.1 Å². The zero-order valence-corrected chi connectivity index (χ0v) is 15.1. The Morgan fingerprint density at radius 3 is 2.52 bits per heavy atom. The van der Waals surface area contributed by atoms with Crippen molar-refractivity contribution in [3.8, 4) is 23.0 Å². The Labute approximate surface area is 159 Å². The number of benzene rings is 3. The summed E-state index contributed by atoms with van der Waals surface area (Å²) in [6.07, 6.45) is 7.33. The first-order valence-corrected chi connectivity index (χ1v) is 9.22. The summed E-state index contributed by atoms with van der Waals surface area (Å²) in [7, 11) is 0. The van der Waals surface area contributed by atoms with Crippen LogP contribution in [0, 0.1) is 0 Å². The molecule has 0 saturated carbocycles. The quantitative estimate of drug-likeness (QED) is 0.489. The van der Waals surface area contributed by atoms with Gasteiger partial charge in [-0.1, -0.05) is 48.6 Å². The highest BCUT2D eigenvalue weighted by Crippen LogP contribution is 2.32. The molecule has 1 heterocycles. The lowest BCUT2D eigenvalue weighted by molar-refractivity contribution is 0.174. The summed E-state index contributed by atoms with van der Waals surface area (Å²) in [5.41, 5.74) is 2.50. The van der Waals surface area contributed by atoms with Gasteiger partial charge < -0.3 is 14.2 Å². The van der Waals surface area contributed by atoms with E-state index >= 15 is 0 Å². The molecule has 0 aromatic heterocycles. The predicted molar refractivity (Wildman–Crippen MR) is 107 cm³/mol. The molecule has 0 radical (unpaired) electrons. The second kappa shape index (κ2) is 8.45. The van der Waals surface area contributed by atoms with Gasteiger partial charge in [0, 0.05) is 0 Å². The van der Waals surface area contributed by atoms with Crippen LogP contribution < -0.4 is 14.2 Å². The van der Waals surface area contributed by atoms with E-state index < -0.39 is 0 Å². The number of hydrogen-bond donors (Lipinski definition) is 0. The van der Waals surface area contributed by atoms with Crippen LogP contribution in [0.2, 0.25) is 0 Å². The number of fused-ring (bicyclic) bond motifs is 1. The normalized spacial score (nSPS) is 12.4. The van der Waals surface area contributed by atoms with Crippen LogP contribution in [0.25, 0.3) is 0 Å². The van der Waals surface area contributed by atoms with Gasteiger partial charge in [-0.25, -0.2) is 0 Å². The van der Waals surface area contributed by atoms with E-state index in [0.717, 1.165) is 42.3 Å². The second-order valence-corrected chi connectivity index (χ2v) is 6.46. The van der Waals surface area contributed by atoms with E-state index in [2.05, 4.69) is 36.4 Å². The van der Waals surface area contributed by atoms with Crippen LogP contribution >= 0.6 is 0 Å². The van der Waals surface area contributed by atoms with Crippen molar-refractivity contribution in [1.29, 1.82) is 0 Å². The fraction of sp³-hybridized carbons (Fsp3) is 0.167. The number of aryl methyl sites for hydroxylation is 1. The van der Waals surface area contributed by atoms with Gasteiger partial charge in [-0.15, -0.1) is 0 Å². The molecular weight excluding hydrogens is 336 g/mol. The molecule has 0 unspecified atom stereocenters. The number of ether oxygens (including phenoxy) is 3. The van der Waals surface area contributed by atoms with Crippen molar-refractivity contribution in [2.75, 3.05) is 6.79 Å². The van der Waals surface area contributed by atoms with Crippen molar-refractivity contribution in [2.45, 2.75) is 19.3 Å². The Morgan fingerprint density at radius 2 is 1.59 bits per heavy atom. The lowest BCUT2D eigenvalue weighted by atomic mass is 10.1. The van der Waals surface area contributed by atoms with E-state index in [-0.39, 0.29) is 0 Å². The highest BCUT2D eigenvalue weighted by molar-refractivity contribution is 5.44. The summed E-state index contributed by atoms with van der Waals surface area (Å²) in [6, 6.07) is 24.3. The van der Waals surface area contributed by atoms with E-state index in [9.17, 15) is 0 Å². The molecule has 0 aliphatic carbocycles.